The molecule has 0 amide bonds. The zero-order valence-electron chi connectivity index (χ0n) is 8.42. The molecule has 96 valence electrons. The van der Waals surface area contributed by atoms with Crippen molar-refractivity contribution in [1.29, 1.82) is 0 Å². The second-order valence-corrected chi connectivity index (χ2v) is 4.81. The van der Waals surface area contributed by atoms with Crippen LogP contribution in [-0.2, 0) is 19.1 Å². The van der Waals surface area contributed by atoms with Crippen LogP contribution in [0.1, 0.15) is 0 Å². The first kappa shape index (κ1) is 15.4. The van der Waals surface area contributed by atoms with Crippen LogP contribution in [0.15, 0.2) is 0 Å². The molecule has 0 unspecified atom stereocenters. The summed E-state index contributed by atoms with van der Waals surface area (Å²) in [6.07, 6.45) is -6.74. The number of hydrogen-bond donors (Lipinski definition) is 4. The molecule has 0 aromatic rings. The van der Waals surface area contributed by atoms with E-state index in [4.69, 9.17) is 15.3 Å². The number of aliphatic hydroxyl groups is 4. The summed E-state index contributed by atoms with van der Waals surface area (Å²) in [7, 11) is -3.79. The van der Waals surface area contributed by atoms with Crippen molar-refractivity contribution in [2.75, 3.05) is 12.9 Å². The van der Waals surface area contributed by atoms with Crippen LogP contribution in [0, 0.1) is 0 Å². The van der Waals surface area contributed by atoms with E-state index in [1.165, 1.54) is 0 Å². The molecule has 0 saturated heterocycles. The first-order valence-corrected chi connectivity index (χ1v) is 6.02. The highest BCUT2D eigenvalue weighted by Crippen LogP contribution is 2.05. The Morgan fingerprint density at radius 1 is 1.19 bits per heavy atom. The summed E-state index contributed by atoms with van der Waals surface area (Å²) in [5, 5.41) is 36.3. The van der Waals surface area contributed by atoms with Crippen LogP contribution in [0.5, 0.6) is 0 Å². The number of aldehydes is 1. The van der Waals surface area contributed by atoms with Gasteiger partial charge in [0.05, 0.1) is 12.9 Å². The van der Waals surface area contributed by atoms with E-state index in [1.807, 2.05) is 0 Å². The fourth-order valence-electron chi connectivity index (χ4n) is 0.802. The number of rotatable bonds is 7. The van der Waals surface area contributed by atoms with Gasteiger partial charge in [0.25, 0.3) is 10.1 Å². The van der Waals surface area contributed by atoms with Crippen LogP contribution in [0.2, 0.25) is 0 Å². The van der Waals surface area contributed by atoms with Gasteiger partial charge in [0, 0.05) is 0 Å². The first-order valence-electron chi connectivity index (χ1n) is 4.21. The topological polar surface area (TPSA) is 141 Å². The van der Waals surface area contributed by atoms with E-state index in [9.17, 15) is 18.3 Å². The summed E-state index contributed by atoms with van der Waals surface area (Å²) in [6.45, 7) is -0.789. The maximum atomic E-state index is 10.5. The molecule has 16 heavy (non-hydrogen) atoms. The predicted molar refractivity (Wildman–Crippen MR) is 50.9 cm³/mol. The Balaban J connectivity index is 4.27. The van der Waals surface area contributed by atoms with Gasteiger partial charge in [-0.3, -0.25) is 4.18 Å². The summed E-state index contributed by atoms with van der Waals surface area (Å²) in [4.78, 5) is 10.1. The minimum Gasteiger partial charge on any atom is -0.388 e. The zero-order chi connectivity index (χ0) is 12.9. The Labute approximate surface area is 92.2 Å². The van der Waals surface area contributed by atoms with Gasteiger partial charge in [0.15, 0.2) is 6.29 Å². The van der Waals surface area contributed by atoms with Crippen molar-refractivity contribution in [3.63, 3.8) is 0 Å². The Hall–Kier alpha value is -0.580. The monoisotopic (exact) mass is 258 g/mol. The van der Waals surface area contributed by atoms with Crippen molar-refractivity contribution in [2.24, 2.45) is 0 Å². The third-order valence-corrected chi connectivity index (χ3v) is 2.25. The van der Waals surface area contributed by atoms with Crippen molar-refractivity contribution in [2.45, 2.75) is 24.4 Å². The van der Waals surface area contributed by atoms with Crippen LogP contribution in [-0.4, -0.2) is 72.4 Å². The molecule has 4 atom stereocenters. The second-order valence-electron chi connectivity index (χ2n) is 3.16. The molecule has 0 aromatic heterocycles. The Kier molecular flexibility index (Phi) is 6.00. The van der Waals surface area contributed by atoms with Crippen molar-refractivity contribution in [3.8, 4) is 0 Å². The molecule has 0 rings (SSSR count). The van der Waals surface area contributed by atoms with Crippen LogP contribution in [0.4, 0.5) is 0 Å². The summed E-state index contributed by atoms with van der Waals surface area (Å²) < 4.78 is 25.2. The van der Waals surface area contributed by atoms with Crippen LogP contribution >= 0.6 is 0 Å². The molecule has 0 aliphatic carbocycles. The molecule has 0 spiro atoms. The van der Waals surface area contributed by atoms with Gasteiger partial charge >= 0.3 is 0 Å². The van der Waals surface area contributed by atoms with Gasteiger partial charge in [-0.2, -0.15) is 8.42 Å². The van der Waals surface area contributed by atoms with Gasteiger partial charge in [0.2, 0.25) is 0 Å². The van der Waals surface area contributed by atoms with Crippen molar-refractivity contribution >= 4 is 16.4 Å². The molecule has 8 nitrogen and oxygen atoms in total. The average molecular weight is 258 g/mol. The van der Waals surface area contributed by atoms with Gasteiger partial charge in [0.1, 0.15) is 24.4 Å². The molecule has 0 heterocycles. The van der Waals surface area contributed by atoms with Crippen molar-refractivity contribution in [1.82, 2.24) is 0 Å². The highest BCUT2D eigenvalue weighted by molar-refractivity contribution is 7.85. The minimum absolute atomic E-state index is 0.0297. The van der Waals surface area contributed by atoms with E-state index in [0.717, 1.165) is 6.26 Å². The highest BCUT2D eigenvalue weighted by Gasteiger charge is 2.30. The largest absolute Gasteiger partial charge is 0.388 e. The molecular weight excluding hydrogens is 244 g/mol. The average Bonchev–Trinajstić information content (AvgIpc) is 2.21. The van der Waals surface area contributed by atoms with Crippen LogP contribution in [0.25, 0.3) is 0 Å². The lowest BCUT2D eigenvalue weighted by Gasteiger charge is -2.23. The SMILES string of the molecule is CS(=O)(=O)OC[C@@H](O)[C@@H](O)[C@H](O)[C@@H](O)C=O. The van der Waals surface area contributed by atoms with E-state index in [2.05, 4.69) is 4.18 Å². The molecule has 0 bridgehead atoms. The molecule has 4 N–H and O–H groups in total. The Morgan fingerprint density at radius 3 is 2.06 bits per heavy atom. The zero-order valence-corrected chi connectivity index (χ0v) is 9.24. The third-order valence-electron chi connectivity index (χ3n) is 1.69. The van der Waals surface area contributed by atoms with Crippen LogP contribution < -0.4 is 0 Å². The lowest BCUT2D eigenvalue weighted by Crippen LogP contribution is -2.46. The van der Waals surface area contributed by atoms with Gasteiger partial charge in [-0.05, 0) is 0 Å². The molecule has 0 fully saturated rings. The number of carbonyl (C=O) groups is 1. The van der Waals surface area contributed by atoms with Crippen molar-refractivity contribution < 1.29 is 37.8 Å². The summed E-state index contributed by atoms with van der Waals surface area (Å²) >= 11 is 0. The van der Waals surface area contributed by atoms with Gasteiger partial charge in [-0.1, -0.05) is 0 Å². The lowest BCUT2D eigenvalue weighted by molar-refractivity contribution is -0.135. The summed E-state index contributed by atoms with van der Waals surface area (Å²) in [5.74, 6) is 0. The quantitative estimate of drug-likeness (QED) is 0.273. The lowest BCUT2D eigenvalue weighted by atomic mass is 10.0. The molecular formula is C7H14O8S. The van der Waals surface area contributed by atoms with E-state index in [1.54, 1.807) is 0 Å². The first-order chi connectivity index (χ1) is 7.19. The fraction of sp³-hybridized carbons (Fsp3) is 0.857. The number of hydrogen-bond acceptors (Lipinski definition) is 8. The van der Waals surface area contributed by atoms with E-state index < -0.39 is 41.1 Å². The second kappa shape index (κ2) is 6.23. The number of carbonyl (C=O) groups excluding carboxylic acids is 1. The normalized spacial score (nSPS) is 19.8. The van der Waals surface area contributed by atoms with Crippen molar-refractivity contribution in [3.05, 3.63) is 0 Å². The predicted octanol–water partition coefficient (Wildman–Crippen LogP) is -3.39. The van der Waals surface area contributed by atoms with Gasteiger partial charge in [-0.25, -0.2) is 0 Å². The molecule has 0 radical (unpaired) electrons. The van der Waals surface area contributed by atoms with Gasteiger partial charge in [-0.15, -0.1) is 0 Å². The molecule has 0 aromatic carbocycles. The molecule has 0 aliphatic heterocycles. The van der Waals surface area contributed by atoms with E-state index in [-0.39, 0.29) is 6.29 Å². The molecule has 0 saturated carbocycles. The fourth-order valence-corrected chi connectivity index (χ4v) is 1.19. The summed E-state index contributed by atoms with van der Waals surface area (Å²) in [6, 6.07) is 0. The standard InChI is InChI=1S/C7H14O8S/c1-16(13,14)15-3-5(10)7(12)6(11)4(9)2-8/h2,4-7,9-12H,3H2,1H3/t4-,5+,6+,7+/m0/s1. The van der Waals surface area contributed by atoms with Gasteiger partial charge < -0.3 is 25.2 Å². The maximum absolute atomic E-state index is 10.5. The maximum Gasteiger partial charge on any atom is 0.264 e. The van der Waals surface area contributed by atoms with E-state index in [0.29, 0.717) is 0 Å². The Bertz CT molecular complexity index is 312. The molecule has 0 aliphatic rings. The highest BCUT2D eigenvalue weighted by atomic mass is 32.2. The molecule has 9 heteroatoms. The third kappa shape index (κ3) is 5.49. The summed E-state index contributed by atoms with van der Waals surface area (Å²) in [5.41, 5.74) is 0. The van der Waals surface area contributed by atoms with Crippen LogP contribution in [0.3, 0.4) is 0 Å². The Morgan fingerprint density at radius 2 is 1.69 bits per heavy atom. The number of aliphatic hydroxyl groups excluding tert-OH is 4. The smallest absolute Gasteiger partial charge is 0.264 e. The van der Waals surface area contributed by atoms with E-state index >= 15 is 0 Å². The minimum atomic E-state index is -3.79.